The van der Waals surface area contributed by atoms with E-state index in [0.29, 0.717) is 6.42 Å². The minimum Gasteiger partial charge on any atom is -0.465 e. The van der Waals surface area contributed by atoms with E-state index >= 15 is 0 Å². The minimum atomic E-state index is -1.42. The van der Waals surface area contributed by atoms with Crippen LogP contribution in [-0.4, -0.2) is 30.9 Å². The zero-order valence-corrected chi connectivity index (χ0v) is 19.8. The molecule has 0 saturated carbocycles. The lowest BCUT2D eigenvalue weighted by atomic mass is 9.98. The Morgan fingerprint density at radius 1 is 0.533 bits per heavy atom. The Hall–Kier alpha value is -1.39. The molecule has 0 heterocycles. The monoisotopic (exact) mass is 426 g/mol. The highest BCUT2D eigenvalue weighted by molar-refractivity contribution is 6.14. The number of carbonyl (C=O) groups excluding carboxylic acids is 3. The van der Waals surface area contributed by atoms with Crippen molar-refractivity contribution in [2.45, 2.75) is 124 Å². The van der Waals surface area contributed by atoms with Gasteiger partial charge in [0.2, 0.25) is 5.92 Å². The van der Waals surface area contributed by atoms with E-state index in [9.17, 15) is 14.4 Å². The minimum absolute atomic E-state index is 0.140. The number of Topliss-reactive ketones (excluding diaryl/α,β-unsaturated/α-hetero) is 1. The van der Waals surface area contributed by atoms with Crippen molar-refractivity contribution in [2.24, 2.45) is 5.92 Å². The maximum atomic E-state index is 12.3. The summed E-state index contributed by atoms with van der Waals surface area (Å²) in [5.74, 6) is -3.39. The van der Waals surface area contributed by atoms with Gasteiger partial charge >= 0.3 is 11.9 Å². The smallest absolute Gasteiger partial charge is 0.328 e. The van der Waals surface area contributed by atoms with E-state index in [1.807, 2.05) is 0 Å². The van der Waals surface area contributed by atoms with E-state index < -0.39 is 17.9 Å². The predicted molar refractivity (Wildman–Crippen MR) is 121 cm³/mol. The first-order chi connectivity index (χ1) is 14.6. The molecule has 5 heteroatoms. The Labute approximate surface area is 184 Å². The number of ketones is 1. The van der Waals surface area contributed by atoms with E-state index in [1.165, 1.54) is 77.0 Å². The van der Waals surface area contributed by atoms with Gasteiger partial charge in [-0.05, 0) is 20.3 Å². The van der Waals surface area contributed by atoms with Crippen LogP contribution in [0.1, 0.15) is 124 Å². The molecule has 0 atom stereocenters. The normalized spacial score (nSPS) is 10.9. The Kier molecular flexibility index (Phi) is 19.9. The van der Waals surface area contributed by atoms with Crippen LogP contribution in [-0.2, 0) is 23.9 Å². The highest BCUT2D eigenvalue weighted by atomic mass is 16.6. The quantitative estimate of drug-likeness (QED) is 0.118. The topological polar surface area (TPSA) is 69.7 Å². The van der Waals surface area contributed by atoms with Gasteiger partial charge in [-0.2, -0.15) is 0 Å². The summed E-state index contributed by atoms with van der Waals surface area (Å²) in [7, 11) is 0. The van der Waals surface area contributed by atoms with Crippen molar-refractivity contribution in [3.8, 4) is 0 Å². The molecular formula is C25H46O5. The largest absolute Gasteiger partial charge is 0.465 e. The second-order valence-corrected chi connectivity index (χ2v) is 8.10. The molecule has 0 aliphatic rings. The number of rotatable bonds is 21. The fourth-order valence-electron chi connectivity index (χ4n) is 3.63. The Morgan fingerprint density at radius 3 is 1.20 bits per heavy atom. The first-order valence-electron chi connectivity index (χ1n) is 12.4. The molecule has 0 aromatic rings. The van der Waals surface area contributed by atoms with Crippen LogP contribution in [0, 0.1) is 5.92 Å². The van der Waals surface area contributed by atoms with Crippen LogP contribution < -0.4 is 0 Å². The summed E-state index contributed by atoms with van der Waals surface area (Å²) < 4.78 is 9.72. The second kappa shape index (κ2) is 20.9. The third-order valence-corrected chi connectivity index (χ3v) is 5.39. The summed E-state index contributed by atoms with van der Waals surface area (Å²) in [6.45, 7) is 5.84. The van der Waals surface area contributed by atoms with Crippen molar-refractivity contribution >= 4 is 17.7 Å². The molecule has 0 rings (SSSR count). The van der Waals surface area contributed by atoms with Crippen LogP contribution in [0.5, 0.6) is 0 Å². The molecule has 0 aromatic heterocycles. The Bertz CT molecular complexity index is 429. The molecule has 5 nitrogen and oxygen atoms in total. The molecule has 176 valence electrons. The maximum Gasteiger partial charge on any atom is 0.328 e. The number of hydrogen-bond acceptors (Lipinski definition) is 5. The van der Waals surface area contributed by atoms with Crippen molar-refractivity contribution in [3.05, 3.63) is 0 Å². The van der Waals surface area contributed by atoms with Crippen molar-refractivity contribution in [1.29, 1.82) is 0 Å². The molecule has 0 spiro atoms. The Balaban J connectivity index is 3.70. The maximum absolute atomic E-state index is 12.3. The van der Waals surface area contributed by atoms with Gasteiger partial charge in [-0.3, -0.25) is 14.4 Å². The zero-order chi connectivity index (χ0) is 22.5. The lowest BCUT2D eigenvalue weighted by molar-refractivity contribution is -0.164. The molecule has 0 fully saturated rings. The molecule has 0 amide bonds. The van der Waals surface area contributed by atoms with Gasteiger partial charge in [0.1, 0.15) is 0 Å². The van der Waals surface area contributed by atoms with Crippen LogP contribution in [0.4, 0.5) is 0 Å². The molecule has 0 N–H and O–H groups in total. The summed E-state index contributed by atoms with van der Waals surface area (Å²) >= 11 is 0. The van der Waals surface area contributed by atoms with Gasteiger partial charge in [-0.15, -0.1) is 0 Å². The third kappa shape index (κ3) is 15.4. The van der Waals surface area contributed by atoms with Gasteiger partial charge in [0, 0.05) is 6.42 Å². The van der Waals surface area contributed by atoms with Crippen LogP contribution in [0.3, 0.4) is 0 Å². The van der Waals surface area contributed by atoms with E-state index in [2.05, 4.69) is 6.92 Å². The fourth-order valence-corrected chi connectivity index (χ4v) is 3.63. The molecule has 0 saturated heterocycles. The lowest BCUT2D eigenvalue weighted by Crippen LogP contribution is -2.34. The van der Waals surface area contributed by atoms with E-state index in [-0.39, 0.29) is 25.4 Å². The van der Waals surface area contributed by atoms with Crippen molar-refractivity contribution < 1.29 is 23.9 Å². The molecule has 0 aliphatic heterocycles. The first kappa shape index (κ1) is 28.6. The van der Waals surface area contributed by atoms with Gasteiger partial charge < -0.3 is 9.47 Å². The average Bonchev–Trinajstić information content (AvgIpc) is 2.71. The second-order valence-electron chi connectivity index (χ2n) is 8.10. The van der Waals surface area contributed by atoms with Gasteiger partial charge in [-0.25, -0.2) is 0 Å². The van der Waals surface area contributed by atoms with Crippen molar-refractivity contribution in [2.75, 3.05) is 13.2 Å². The SMILES string of the molecule is CCCCCCCCCCCCCCCCCC(=O)C(C(=O)OCC)C(=O)OCC. The summed E-state index contributed by atoms with van der Waals surface area (Å²) in [5.41, 5.74) is 0. The van der Waals surface area contributed by atoms with Gasteiger partial charge in [-0.1, -0.05) is 96.8 Å². The highest BCUT2D eigenvalue weighted by Crippen LogP contribution is 2.15. The average molecular weight is 427 g/mol. The van der Waals surface area contributed by atoms with Crippen molar-refractivity contribution in [1.82, 2.24) is 0 Å². The van der Waals surface area contributed by atoms with Crippen LogP contribution in [0.25, 0.3) is 0 Å². The van der Waals surface area contributed by atoms with Crippen LogP contribution >= 0.6 is 0 Å². The summed E-state index contributed by atoms with van der Waals surface area (Å²) in [6.07, 6.45) is 19.0. The number of carbonyl (C=O) groups is 3. The van der Waals surface area contributed by atoms with Crippen molar-refractivity contribution in [3.63, 3.8) is 0 Å². The number of hydrogen-bond donors (Lipinski definition) is 0. The summed E-state index contributed by atoms with van der Waals surface area (Å²) in [4.78, 5) is 36.1. The number of esters is 2. The van der Waals surface area contributed by atoms with E-state index in [0.717, 1.165) is 12.8 Å². The highest BCUT2D eigenvalue weighted by Gasteiger charge is 2.35. The van der Waals surface area contributed by atoms with Gasteiger partial charge in [0.15, 0.2) is 5.78 Å². The molecule has 0 aromatic carbocycles. The zero-order valence-electron chi connectivity index (χ0n) is 19.8. The fraction of sp³-hybridized carbons (Fsp3) is 0.880. The molecular weight excluding hydrogens is 380 g/mol. The standard InChI is InChI=1S/C25H46O5/c1-4-7-8-9-10-11-12-13-14-15-16-17-18-19-20-21-22(26)23(24(27)29-5-2)25(28)30-6-3/h23H,4-21H2,1-3H3. The molecule has 0 aliphatic carbocycles. The summed E-state index contributed by atoms with van der Waals surface area (Å²) in [6, 6.07) is 0. The predicted octanol–water partition coefficient (Wildman–Crippen LogP) is 6.56. The molecule has 30 heavy (non-hydrogen) atoms. The molecule has 0 unspecified atom stereocenters. The van der Waals surface area contributed by atoms with Gasteiger partial charge in [0.25, 0.3) is 0 Å². The first-order valence-corrected chi connectivity index (χ1v) is 12.4. The van der Waals surface area contributed by atoms with Gasteiger partial charge in [0.05, 0.1) is 13.2 Å². The molecule has 0 radical (unpaired) electrons. The number of unbranched alkanes of at least 4 members (excludes halogenated alkanes) is 14. The summed E-state index contributed by atoms with van der Waals surface area (Å²) in [5, 5.41) is 0. The van der Waals surface area contributed by atoms with E-state index in [1.54, 1.807) is 13.8 Å². The lowest BCUT2D eigenvalue weighted by Gasteiger charge is -2.13. The third-order valence-electron chi connectivity index (χ3n) is 5.39. The van der Waals surface area contributed by atoms with E-state index in [4.69, 9.17) is 9.47 Å². The van der Waals surface area contributed by atoms with Crippen LogP contribution in [0.2, 0.25) is 0 Å². The molecule has 0 bridgehead atoms. The number of ether oxygens (including phenoxy) is 2. The van der Waals surface area contributed by atoms with Crippen LogP contribution in [0.15, 0.2) is 0 Å². The Morgan fingerprint density at radius 2 is 0.867 bits per heavy atom.